The van der Waals surface area contributed by atoms with Crippen molar-refractivity contribution in [3.8, 4) is 0 Å². The van der Waals surface area contributed by atoms with Gasteiger partial charge in [-0.15, -0.1) is 0 Å². The van der Waals surface area contributed by atoms with Crippen LogP contribution in [0.2, 0.25) is 0 Å². The lowest BCUT2D eigenvalue weighted by Crippen LogP contribution is -2.40. The molecule has 7 heteroatoms. The van der Waals surface area contributed by atoms with Crippen molar-refractivity contribution in [2.75, 3.05) is 26.1 Å². The third-order valence-corrected chi connectivity index (χ3v) is 3.71. The van der Waals surface area contributed by atoms with Crippen molar-refractivity contribution in [3.63, 3.8) is 0 Å². The molecule has 1 atom stereocenters. The predicted octanol–water partition coefficient (Wildman–Crippen LogP) is -0.446. The molecule has 0 spiro atoms. The Hall–Kier alpha value is -1.15. The number of anilines is 1. The van der Waals surface area contributed by atoms with Gasteiger partial charge < -0.3 is 15.6 Å². The van der Waals surface area contributed by atoms with Gasteiger partial charge in [-0.3, -0.25) is 0 Å². The Morgan fingerprint density at radius 2 is 2.12 bits per heavy atom. The summed E-state index contributed by atoms with van der Waals surface area (Å²) in [5.41, 5.74) is 5.75. The Labute approximate surface area is 100 Å². The quantitative estimate of drug-likeness (QED) is 0.602. The van der Waals surface area contributed by atoms with Gasteiger partial charge in [-0.25, -0.2) is 13.1 Å². The highest BCUT2D eigenvalue weighted by Crippen LogP contribution is 2.17. The molecule has 1 aromatic rings. The Morgan fingerprint density at radius 1 is 1.47 bits per heavy atom. The molecule has 0 heterocycles. The average molecular weight is 260 g/mol. The van der Waals surface area contributed by atoms with E-state index in [2.05, 4.69) is 4.72 Å². The number of methoxy groups -OCH3 is 1. The minimum absolute atomic E-state index is 0.00504. The van der Waals surface area contributed by atoms with E-state index in [0.717, 1.165) is 0 Å². The standard InChI is InChI=1S/C10H16N2O4S/c1-16-7-8(6-13)12-17(14,15)10-5-3-2-4-9(10)11/h2-5,8,12-13H,6-7,11H2,1H3. The lowest BCUT2D eigenvalue weighted by molar-refractivity contribution is 0.139. The van der Waals surface area contributed by atoms with Crippen LogP contribution in [0.4, 0.5) is 5.69 Å². The summed E-state index contributed by atoms with van der Waals surface area (Å²) >= 11 is 0. The maximum Gasteiger partial charge on any atom is 0.243 e. The zero-order valence-corrected chi connectivity index (χ0v) is 10.3. The summed E-state index contributed by atoms with van der Waals surface area (Å²) in [6.45, 7) is -0.262. The number of benzene rings is 1. The summed E-state index contributed by atoms with van der Waals surface area (Å²) < 4.78 is 31.0. The zero-order chi connectivity index (χ0) is 12.9. The molecule has 96 valence electrons. The van der Waals surface area contributed by atoms with Crippen LogP contribution in [-0.2, 0) is 14.8 Å². The molecule has 4 N–H and O–H groups in total. The molecule has 0 fully saturated rings. The fraction of sp³-hybridized carbons (Fsp3) is 0.400. The van der Waals surface area contributed by atoms with Crippen molar-refractivity contribution in [3.05, 3.63) is 24.3 Å². The minimum atomic E-state index is -3.74. The highest BCUT2D eigenvalue weighted by Gasteiger charge is 2.21. The fourth-order valence-corrected chi connectivity index (χ4v) is 2.68. The largest absolute Gasteiger partial charge is 0.398 e. The number of sulfonamides is 1. The monoisotopic (exact) mass is 260 g/mol. The van der Waals surface area contributed by atoms with E-state index in [4.69, 9.17) is 15.6 Å². The van der Waals surface area contributed by atoms with Crippen molar-refractivity contribution < 1.29 is 18.3 Å². The van der Waals surface area contributed by atoms with Gasteiger partial charge in [0.25, 0.3) is 0 Å². The topological polar surface area (TPSA) is 102 Å². The van der Waals surface area contributed by atoms with Gasteiger partial charge in [0, 0.05) is 7.11 Å². The Balaban J connectivity index is 2.92. The number of nitrogens with two attached hydrogens (primary N) is 1. The van der Waals surface area contributed by atoms with Crippen LogP contribution < -0.4 is 10.5 Å². The van der Waals surface area contributed by atoms with Gasteiger partial charge in [0.15, 0.2) is 0 Å². The molecular formula is C10H16N2O4S. The molecule has 0 aliphatic rings. The third-order valence-electron chi connectivity index (χ3n) is 2.12. The number of para-hydroxylation sites is 1. The molecule has 0 saturated carbocycles. The maximum absolute atomic E-state index is 11.9. The van der Waals surface area contributed by atoms with Crippen molar-refractivity contribution >= 4 is 15.7 Å². The van der Waals surface area contributed by atoms with Gasteiger partial charge in [-0.05, 0) is 12.1 Å². The lowest BCUT2D eigenvalue weighted by Gasteiger charge is -2.16. The number of aliphatic hydroxyl groups excluding tert-OH is 1. The molecule has 0 bridgehead atoms. The van der Waals surface area contributed by atoms with Crippen molar-refractivity contribution in [2.45, 2.75) is 10.9 Å². The van der Waals surface area contributed by atoms with Crippen LogP contribution in [0.25, 0.3) is 0 Å². The Kier molecular flexibility index (Phi) is 4.88. The van der Waals surface area contributed by atoms with E-state index in [1.54, 1.807) is 12.1 Å². The molecule has 1 aromatic carbocycles. The highest BCUT2D eigenvalue weighted by atomic mass is 32.2. The van der Waals surface area contributed by atoms with Gasteiger partial charge in [-0.1, -0.05) is 12.1 Å². The summed E-state index contributed by atoms with van der Waals surface area (Å²) in [5, 5.41) is 9.00. The first-order valence-corrected chi connectivity index (χ1v) is 6.46. The van der Waals surface area contributed by atoms with E-state index < -0.39 is 16.1 Å². The van der Waals surface area contributed by atoms with Crippen LogP contribution in [-0.4, -0.2) is 39.9 Å². The molecule has 1 rings (SSSR count). The number of hydrogen-bond acceptors (Lipinski definition) is 5. The van der Waals surface area contributed by atoms with E-state index in [0.29, 0.717) is 0 Å². The lowest BCUT2D eigenvalue weighted by atomic mass is 10.3. The molecule has 0 aliphatic carbocycles. The van der Waals surface area contributed by atoms with E-state index in [1.165, 1.54) is 19.2 Å². The van der Waals surface area contributed by atoms with Crippen molar-refractivity contribution in [1.82, 2.24) is 4.72 Å². The summed E-state index contributed by atoms with van der Waals surface area (Å²) in [5.74, 6) is 0. The minimum Gasteiger partial charge on any atom is -0.398 e. The van der Waals surface area contributed by atoms with Crippen molar-refractivity contribution in [1.29, 1.82) is 0 Å². The predicted molar refractivity (Wildman–Crippen MR) is 63.9 cm³/mol. The first-order valence-electron chi connectivity index (χ1n) is 4.98. The first-order chi connectivity index (χ1) is 8.01. The van der Waals surface area contributed by atoms with E-state index >= 15 is 0 Å². The smallest absolute Gasteiger partial charge is 0.243 e. The average Bonchev–Trinajstić information content (AvgIpc) is 2.28. The highest BCUT2D eigenvalue weighted by molar-refractivity contribution is 7.89. The number of ether oxygens (including phenoxy) is 1. The molecule has 1 unspecified atom stereocenters. The van der Waals surface area contributed by atoms with E-state index in [1.807, 2.05) is 0 Å². The van der Waals surface area contributed by atoms with Gasteiger partial charge in [0.05, 0.1) is 24.9 Å². The molecule has 0 amide bonds. The number of nitrogen functional groups attached to an aromatic ring is 1. The fourth-order valence-electron chi connectivity index (χ4n) is 1.33. The molecule has 0 aromatic heterocycles. The summed E-state index contributed by atoms with van der Waals surface area (Å²) in [4.78, 5) is -0.00504. The number of hydrogen-bond donors (Lipinski definition) is 3. The molecule has 0 saturated heterocycles. The Morgan fingerprint density at radius 3 is 2.65 bits per heavy atom. The molecular weight excluding hydrogens is 244 g/mol. The second-order valence-corrected chi connectivity index (χ2v) is 5.18. The zero-order valence-electron chi connectivity index (χ0n) is 9.46. The second-order valence-electron chi connectivity index (χ2n) is 3.49. The summed E-state index contributed by atoms with van der Waals surface area (Å²) in [6.07, 6.45) is 0. The molecule has 0 aliphatic heterocycles. The van der Waals surface area contributed by atoms with Crippen LogP contribution in [0.5, 0.6) is 0 Å². The first kappa shape index (κ1) is 13.9. The maximum atomic E-state index is 11.9. The van der Waals surface area contributed by atoms with Gasteiger partial charge in [-0.2, -0.15) is 0 Å². The van der Waals surface area contributed by atoms with Crippen LogP contribution in [0.1, 0.15) is 0 Å². The molecule has 0 radical (unpaired) electrons. The van der Waals surface area contributed by atoms with Gasteiger partial charge in [0.2, 0.25) is 10.0 Å². The molecule has 17 heavy (non-hydrogen) atoms. The number of rotatable bonds is 6. The van der Waals surface area contributed by atoms with Crippen LogP contribution >= 0.6 is 0 Å². The van der Waals surface area contributed by atoms with E-state index in [-0.39, 0.29) is 23.8 Å². The van der Waals surface area contributed by atoms with E-state index in [9.17, 15) is 8.42 Å². The van der Waals surface area contributed by atoms with Crippen LogP contribution in [0, 0.1) is 0 Å². The van der Waals surface area contributed by atoms with Crippen LogP contribution in [0.3, 0.4) is 0 Å². The summed E-state index contributed by atoms with van der Waals surface area (Å²) in [7, 11) is -2.32. The number of nitrogens with one attached hydrogen (secondary N) is 1. The Bertz CT molecular complexity index is 461. The van der Waals surface area contributed by atoms with Gasteiger partial charge in [0.1, 0.15) is 4.90 Å². The third kappa shape index (κ3) is 3.67. The SMILES string of the molecule is COCC(CO)NS(=O)(=O)c1ccccc1N. The van der Waals surface area contributed by atoms with Crippen molar-refractivity contribution in [2.24, 2.45) is 0 Å². The van der Waals surface area contributed by atoms with Gasteiger partial charge >= 0.3 is 0 Å². The molecule has 6 nitrogen and oxygen atoms in total. The van der Waals surface area contributed by atoms with Crippen LogP contribution in [0.15, 0.2) is 29.2 Å². The second kappa shape index (κ2) is 5.97. The normalized spacial score (nSPS) is 13.5. The number of aliphatic hydroxyl groups is 1. The summed E-state index contributed by atoms with van der Waals surface area (Å²) in [6, 6.07) is 5.43.